The fourth-order valence-corrected chi connectivity index (χ4v) is 1.43. The maximum absolute atomic E-state index is 5.55. The van der Waals surface area contributed by atoms with E-state index in [1.54, 1.807) is 18.5 Å². The molecule has 1 aromatic heterocycles. The molecule has 17 heavy (non-hydrogen) atoms. The molecular weight excluding hydrogens is 214 g/mol. The number of benzene rings is 1. The van der Waals surface area contributed by atoms with Crippen LogP contribution < -0.4 is 10.1 Å². The van der Waals surface area contributed by atoms with Gasteiger partial charge in [0.1, 0.15) is 5.75 Å². The zero-order valence-electron chi connectivity index (χ0n) is 9.76. The highest BCUT2D eigenvalue weighted by atomic mass is 16.5. The fourth-order valence-electron chi connectivity index (χ4n) is 1.43. The number of hydrogen-bond acceptors (Lipinski definition) is 4. The molecule has 0 saturated heterocycles. The van der Waals surface area contributed by atoms with E-state index in [9.17, 15) is 0 Å². The predicted octanol–water partition coefficient (Wildman–Crippen LogP) is 2.38. The van der Waals surface area contributed by atoms with Crippen LogP contribution in [0.1, 0.15) is 12.5 Å². The van der Waals surface area contributed by atoms with E-state index < -0.39 is 0 Å². The largest absolute Gasteiger partial charge is 0.424 e. The third-order valence-corrected chi connectivity index (χ3v) is 2.23. The highest BCUT2D eigenvalue weighted by molar-refractivity contribution is 5.30. The Labute approximate surface area is 101 Å². The molecule has 0 spiro atoms. The van der Waals surface area contributed by atoms with Crippen molar-refractivity contribution in [2.75, 3.05) is 6.54 Å². The molecule has 1 heterocycles. The Bertz CT molecular complexity index is 459. The molecule has 0 bridgehead atoms. The molecule has 0 unspecified atom stereocenters. The molecule has 0 atom stereocenters. The summed E-state index contributed by atoms with van der Waals surface area (Å²) in [6.07, 6.45) is 3.32. The number of rotatable bonds is 5. The molecule has 0 aliphatic heterocycles. The van der Waals surface area contributed by atoms with Crippen molar-refractivity contribution in [3.8, 4) is 11.8 Å². The van der Waals surface area contributed by atoms with Crippen LogP contribution in [-0.4, -0.2) is 16.5 Å². The SMILES string of the molecule is CCNCc1cccc(Oc2ncccn2)c1. The van der Waals surface area contributed by atoms with Gasteiger partial charge in [0, 0.05) is 18.9 Å². The van der Waals surface area contributed by atoms with Crippen LogP contribution in [0.15, 0.2) is 42.7 Å². The standard InChI is InChI=1S/C13H15N3O/c1-2-14-10-11-5-3-6-12(9-11)17-13-15-7-4-8-16-13/h3-9,14H,2,10H2,1H3. The minimum absolute atomic E-state index is 0.369. The van der Waals surface area contributed by atoms with Crippen LogP contribution in [0.4, 0.5) is 0 Å². The summed E-state index contributed by atoms with van der Waals surface area (Å²) in [5.74, 6) is 0.756. The van der Waals surface area contributed by atoms with Gasteiger partial charge in [-0.3, -0.25) is 0 Å². The van der Waals surface area contributed by atoms with Gasteiger partial charge in [0.25, 0.3) is 0 Å². The predicted molar refractivity (Wildman–Crippen MR) is 65.9 cm³/mol. The van der Waals surface area contributed by atoms with E-state index >= 15 is 0 Å². The Kier molecular flexibility index (Phi) is 4.05. The molecule has 0 saturated carbocycles. The summed E-state index contributed by atoms with van der Waals surface area (Å²) in [5, 5.41) is 3.27. The van der Waals surface area contributed by atoms with Crippen molar-refractivity contribution >= 4 is 0 Å². The van der Waals surface area contributed by atoms with E-state index in [0.717, 1.165) is 18.8 Å². The molecule has 2 rings (SSSR count). The molecule has 0 amide bonds. The average molecular weight is 229 g/mol. The van der Waals surface area contributed by atoms with E-state index in [2.05, 4.69) is 28.3 Å². The lowest BCUT2D eigenvalue weighted by molar-refractivity contribution is 0.441. The summed E-state index contributed by atoms with van der Waals surface area (Å²) in [5.41, 5.74) is 1.18. The Balaban J connectivity index is 2.06. The van der Waals surface area contributed by atoms with Gasteiger partial charge in [-0.05, 0) is 30.3 Å². The van der Waals surface area contributed by atoms with Gasteiger partial charge in [0.05, 0.1) is 0 Å². The van der Waals surface area contributed by atoms with Gasteiger partial charge in [-0.15, -0.1) is 0 Å². The molecule has 0 aliphatic rings. The van der Waals surface area contributed by atoms with Crippen LogP contribution in [0.25, 0.3) is 0 Å². The third-order valence-electron chi connectivity index (χ3n) is 2.23. The second-order valence-electron chi connectivity index (χ2n) is 3.56. The van der Waals surface area contributed by atoms with Crippen LogP contribution in [0.2, 0.25) is 0 Å². The lowest BCUT2D eigenvalue weighted by Gasteiger charge is -2.06. The summed E-state index contributed by atoms with van der Waals surface area (Å²) in [4.78, 5) is 8.03. The van der Waals surface area contributed by atoms with Crippen molar-refractivity contribution in [2.24, 2.45) is 0 Å². The van der Waals surface area contributed by atoms with E-state index in [0.29, 0.717) is 6.01 Å². The van der Waals surface area contributed by atoms with E-state index in [4.69, 9.17) is 4.74 Å². The highest BCUT2D eigenvalue weighted by Gasteiger charge is 2.00. The van der Waals surface area contributed by atoms with Crippen LogP contribution in [0.3, 0.4) is 0 Å². The van der Waals surface area contributed by atoms with Crippen molar-refractivity contribution in [1.82, 2.24) is 15.3 Å². The van der Waals surface area contributed by atoms with Crippen molar-refractivity contribution in [2.45, 2.75) is 13.5 Å². The molecule has 0 fully saturated rings. The first-order valence-corrected chi connectivity index (χ1v) is 5.63. The minimum atomic E-state index is 0.369. The first-order chi connectivity index (χ1) is 8.38. The van der Waals surface area contributed by atoms with Crippen molar-refractivity contribution < 1.29 is 4.74 Å². The Morgan fingerprint density at radius 3 is 2.76 bits per heavy atom. The lowest BCUT2D eigenvalue weighted by Crippen LogP contribution is -2.11. The zero-order chi connectivity index (χ0) is 11.9. The Hall–Kier alpha value is -1.94. The lowest BCUT2D eigenvalue weighted by atomic mass is 10.2. The van der Waals surface area contributed by atoms with Crippen LogP contribution in [-0.2, 0) is 6.54 Å². The molecule has 1 N–H and O–H groups in total. The maximum Gasteiger partial charge on any atom is 0.321 e. The fraction of sp³-hybridized carbons (Fsp3) is 0.231. The summed E-state index contributed by atoms with van der Waals surface area (Å²) < 4.78 is 5.55. The number of ether oxygens (including phenoxy) is 1. The monoisotopic (exact) mass is 229 g/mol. The molecule has 0 aliphatic carbocycles. The molecule has 1 aromatic carbocycles. The average Bonchev–Trinajstić information content (AvgIpc) is 2.38. The number of hydrogen-bond donors (Lipinski definition) is 1. The summed E-state index contributed by atoms with van der Waals surface area (Å²) >= 11 is 0. The second-order valence-corrected chi connectivity index (χ2v) is 3.56. The molecule has 0 radical (unpaired) electrons. The minimum Gasteiger partial charge on any atom is -0.424 e. The second kappa shape index (κ2) is 5.96. The first kappa shape index (κ1) is 11.5. The molecule has 4 heteroatoms. The van der Waals surface area contributed by atoms with E-state index in [1.807, 2.05) is 18.2 Å². The van der Waals surface area contributed by atoms with E-state index in [-0.39, 0.29) is 0 Å². The van der Waals surface area contributed by atoms with Gasteiger partial charge in [0.2, 0.25) is 0 Å². The Morgan fingerprint density at radius 1 is 1.18 bits per heavy atom. The van der Waals surface area contributed by atoms with Crippen molar-refractivity contribution in [3.05, 3.63) is 48.3 Å². The highest BCUT2D eigenvalue weighted by Crippen LogP contribution is 2.18. The Morgan fingerprint density at radius 2 is 2.00 bits per heavy atom. The van der Waals surface area contributed by atoms with Crippen LogP contribution in [0.5, 0.6) is 11.8 Å². The number of aromatic nitrogens is 2. The van der Waals surface area contributed by atoms with Crippen molar-refractivity contribution in [1.29, 1.82) is 0 Å². The zero-order valence-corrected chi connectivity index (χ0v) is 9.76. The van der Waals surface area contributed by atoms with Gasteiger partial charge < -0.3 is 10.1 Å². The molecule has 4 nitrogen and oxygen atoms in total. The van der Waals surface area contributed by atoms with Gasteiger partial charge in [-0.2, -0.15) is 0 Å². The first-order valence-electron chi connectivity index (χ1n) is 5.63. The molecule has 2 aromatic rings. The smallest absolute Gasteiger partial charge is 0.321 e. The van der Waals surface area contributed by atoms with Gasteiger partial charge in [0.15, 0.2) is 0 Å². The number of nitrogens with one attached hydrogen (secondary N) is 1. The molecular formula is C13H15N3O. The maximum atomic E-state index is 5.55. The quantitative estimate of drug-likeness (QED) is 0.855. The van der Waals surface area contributed by atoms with Gasteiger partial charge in [-0.1, -0.05) is 19.1 Å². The van der Waals surface area contributed by atoms with Gasteiger partial charge >= 0.3 is 6.01 Å². The van der Waals surface area contributed by atoms with Crippen LogP contribution >= 0.6 is 0 Å². The van der Waals surface area contributed by atoms with Crippen LogP contribution in [0, 0.1) is 0 Å². The normalized spacial score (nSPS) is 10.2. The van der Waals surface area contributed by atoms with E-state index in [1.165, 1.54) is 5.56 Å². The summed E-state index contributed by atoms with van der Waals surface area (Å²) in [6, 6.07) is 10.0. The molecule has 88 valence electrons. The van der Waals surface area contributed by atoms with Gasteiger partial charge in [-0.25, -0.2) is 9.97 Å². The topological polar surface area (TPSA) is 47.0 Å². The number of nitrogens with zero attached hydrogens (tertiary/aromatic N) is 2. The summed E-state index contributed by atoms with van der Waals surface area (Å²) in [7, 11) is 0. The third kappa shape index (κ3) is 3.53. The van der Waals surface area contributed by atoms with Crippen molar-refractivity contribution in [3.63, 3.8) is 0 Å². The summed E-state index contributed by atoms with van der Waals surface area (Å²) in [6.45, 7) is 3.87.